The maximum absolute atomic E-state index is 11.4. The topological polar surface area (TPSA) is 43.4 Å². The Hall–Kier alpha value is -0.0900. The van der Waals surface area contributed by atoms with E-state index in [-0.39, 0.29) is 5.41 Å². The van der Waals surface area contributed by atoms with E-state index in [1.54, 1.807) is 0 Å². The highest BCUT2D eigenvalue weighted by Crippen LogP contribution is 2.44. The first-order valence-electron chi connectivity index (χ1n) is 4.36. The van der Waals surface area contributed by atoms with Gasteiger partial charge in [-0.15, -0.1) is 0 Å². The number of hydrogen-bond acceptors (Lipinski definition) is 3. The lowest BCUT2D eigenvalue weighted by Crippen LogP contribution is -2.48. The van der Waals surface area contributed by atoms with Gasteiger partial charge in [0.05, 0.1) is 24.7 Å². The van der Waals surface area contributed by atoms with E-state index < -0.39 is 9.84 Å². The fraction of sp³-hybridized carbons (Fsp3) is 1.00. The van der Waals surface area contributed by atoms with Crippen LogP contribution in [0, 0.1) is 11.3 Å². The molecule has 2 aliphatic heterocycles. The van der Waals surface area contributed by atoms with Crippen molar-refractivity contribution in [2.45, 2.75) is 13.3 Å². The van der Waals surface area contributed by atoms with Crippen LogP contribution in [0.25, 0.3) is 0 Å². The molecule has 0 amide bonds. The summed E-state index contributed by atoms with van der Waals surface area (Å²) in [7, 11) is -2.76. The summed E-state index contributed by atoms with van der Waals surface area (Å²) in [6.45, 7) is 3.38. The zero-order valence-electron chi connectivity index (χ0n) is 7.25. The highest BCUT2D eigenvalue weighted by atomic mass is 32.2. The maximum Gasteiger partial charge on any atom is 0.151 e. The molecule has 0 radical (unpaired) electrons. The zero-order chi connectivity index (χ0) is 8.82. The second kappa shape index (κ2) is 2.45. The third-order valence-electron chi connectivity index (χ3n) is 3.10. The molecule has 2 aliphatic rings. The summed E-state index contributed by atoms with van der Waals surface area (Å²) in [5.41, 5.74) is 0.00752. The smallest absolute Gasteiger partial charge is 0.151 e. The Kier molecular flexibility index (Phi) is 1.74. The van der Waals surface area contributed by atoms with Crippen molar-refractivity contribution < 1.29 is 13.2 Å². The van der Waals surface area contributed by atoms with Crippen LogP contribution in [0.2, 0.25) is 0 Å². The molecular formula is C8H14O3S. The lowest BCUT2D eigenvalue weighted by atomic mass is 9.75. The SMILES string of the molecule is CC[C@@H]1CS(=O)(=O)CC12COC2. The molecular weight excluding hydrogens is 176 g/mol. The van der Waals surface area contributed by atoms with E-state index in [9.17, 15) is 8.42 Å². The van der Waals surface area contributed by atoms with E-state index in [2.05, 4.69) is 6.92 Å². The molecule has 3 nitrogen and oxygen atoms in total. The molecule has 0 aliphatic carbocycles. The van der Waals surface area contributed by atoms with Crippen molar-refractivity contribution in [3.63, 3.8) is 0 Å². The van der Waals surface area contributed by atoms with Gasteiger partial charge in [-0.3, -0.25) is 0 Å². The van der Waals surface area contributed by atoms with Crippen LogP contribution in [0.1, 0.15) is 13.3 Å². The van der Waals surface area contributed by atoms with Gasteiger partial charge in [0.15, 0.2) is 9.84 Å². The van der Waals surface area contributed by atoms with Crippen molar-refractivity contribution in [3.05, 3.63) is 0 Å². The number of rotatable bonds is 1. The molecule has 4 heteroatoms. The summed E-state index contributed by atoms with van der Waals surface area (Å²) in [6.07, 6.45) is 0.961. The predicted octanol–water partition coefficient (Wildman–Crippen LogP) is 0.458. The molecule has 0 aromatic heterocycles. The zero-order valence-corrected chi connectivity index (χ0v) is 8.06. The Morgan fingerprint density at radius 2 is 2.17 bits per heavy atom. The Bertz CT molecular complexity index is 277. The number of hydrogen-bond donors (Lipinski definition) is 0. The second-order valence-corrected chi connectivity index (χ2v) is 6.12. The summed E-state index contributed by atoms with van der Waals surface area (Å²) in [4.78, 5) is 0. The van der Waals surface area contributed by atoms with E-state index in [1.165, 1.54) is 0 Å². The van der Waals surface area contributed by atoms with E-state index in [0.29, 0.717) is 30.6 Å². The minimum absolute atomic E-state index is 0.00752. The van der Waals surface area contributed by atoms with Gasteiger partial charge in [-0.05, 0) is 5.92 Å². The molecule has 0 aromatic carbocycles. The molecule has 2 fully saturated rings. The Morgan fingerprint density at radius 1 is 1.50 bits per heavy atom. The standard InChI is InChI=1S/C8H14O3S/c1-2-7-3-12(9,10)6-8(7)4-11-5-8/h7H,2-6H2,1H3/t7-/m1/s1. The largest absolute Gasteiger partial charge is 0.380 e. The minimum atomic E-state index is -2.76. The van der Waals surface area contributed by atoms with Gasteiger partial charge in [0.2, 0.25) is 0 Å². The molecule has 70 valence electrons. The van der Waals surface area contributed by atoms with Gasteiger partial charge < -0.3 is 4.74 Å². The van der Waals surface area contributed by atoms with Crippen molar-refractivity contribution in [1.29, 1.82) is 0 Å². The van der Waals surface area contributed by atoms with Gasteiger partial charge >= 0.3 is 0 Å². The van der Waals surface area contributed by atoms with Crippen molar-refractivity contribution >= 4 is 9.84 Å². The van der Waals surface area contributed by atoms with E-state index >= 15 is 0 Å². The molecule has 1 spiro atoms. The summed E-state index contributed by atoms with van der Waals surface area (Å²) in [5, 5.41) is 0. The van der Waals surface area contributed by atoms with Gasteiger partial charge in [-0.25, -0.2) is 8.42 Å². The van der Waals surface area contributed by atoms with Crippen molar-refractivity contribution in [1.82, 2.24) is 0 Å². The van der Waals surface area contributed by atoms with E-state index in [1.807, 2.05) is 0 Å². The van der Waals surface area contributed by atoms with Crippen molar-refractivity contribution in [2.75, 3.05) is 24.7 Å². The van der Waals surface area contributed by atoms with Gasteiger partial charge in [0.25, 0.3) is 0 Å². The van der Waals surface area contributed by atoms with E-state index in [4.69, 9.17) is 4.74 Å². The summed E-state index contributed by atoms with van der Waals surface area (Å²) in [5.74, 6) is 1.09. The van der Waals surface area contributed by atoms with E-state index in [0.717, 1.165) is 6.42 Å². The van der Waals surface area contributed by atoms with Crippen LogP contribution in [0.15, 0.2) is 0 Å². The monoisotopic (exact) mass is 190 g/mol. The predicted molar refractivity (Wildman–Crippen MR) is 45.7 cm³/mol. The molecule has 0 N–H and O–H groups in total. The average Bonchev–Trinajstić information content (AvgIpc) is 2.20. The fourth-order valence-electron chi connectivity index (χ4n) is 2.33. The summed E-state index contributed by atoms with van der Waals surface area (Å²) in [6, 6.07) is 0. The Morgan fingerprint density at radius 3 is 2.50 bits per heavy atom. The molecule has 1 atom stereocenters. The van der Waals surface area contributed by atoms with Crippen LogP contribution in [-0.4, -0.2) is 33.1 Å². The van der Waals surface area contributed by atoms with Crippen molar-refractivity contribution in [2.24, 2.45) is 11.3 Å². The van der Waals surface area contributed by atoms with Crippen LogP contribution in [0.4, 0.5) is 0 Å². The molecule has 0 aromatic rings. The Labute approximate surface area is 73.0 Å². The molecule has 0 unspecified atom stereocenters. The van der Waals surface area contributed by atoms with Crippen LogP contribution in [-0.2, 0) is 14.6 Å². The first kappa shape index (κ1) is 8.51. The van der Waals surface area contributed by atoms with Gasteiger partial charge in [-0.2, -0.15) is 0 Å². The minimum Gasteiger partial charge on any atom is -0.380 e. The maximum atomic E-state index is 11.4. The number of sulfone groups is 1. The van der Waals surface area contributed by atoms with Crippen LogP contribution in [0.3, 0.4) is 0 Å². The fourth-order valence-corrected chi connectivity index (χ4v) is 4.93. The first-order chi connectivity index (χ1) is 5.58. The summed E-state index contributed by atoms with van der Waals surface area (Å²) < 4.78 is 27.8. The second-order valence-electron chi connectivity index (χ2n) is 4.01. The highest BCUT2D eigenvalue weighted by molar-refractivity contribution is 7.91. The molecule has 2 saturated heterocycles. The van der Waals surface area contributed by atoms with Gasteiger partial charge in [-0.1, -0.05) is 13.3 Å². The summed E-state index contributed by atoms with van der Waals surface area (Å²) >= 11 is 0. The van der Waals surface area contributed by atoms with Crippen molar-refractivity contribution in [3.8, 4) is 0 Å². The lowest BCUT2D eigenvalue weighted by Gasteiger charge is -2.41. The third kappa shape index (κ3) is 1.09. The number of ether oxygens (including phenoxy) is 1. The normalized spacial score (nSPS) is 36.6. The van der Waals surface area contributed by atoms with Gasteiger partial charge in [0, 0.05) is 5.41 Å². The highest BCUT2D eigenvalue weighted by Gasteiger charge is 2.53. The quantitative estimate of drug-likeness (QED) is 0.603. The first-order valence-corrected chi connectivity index (χ1v) is 6.18. The average molecular weight is 190 g/mol. The molecule has 2 heterocycles. The molecule has 2 rings (SSSR count). The molecule has 0 saturated carbocycles. The van der Waals surface area contributed by atoms with Crippen LogP contribution >= 0.6 is 0 Å². The van der Waals surface area contributed by atoms with Crippen LogP contribution in [0.5, 0.6) is 0 Å². The molecule has 12 heavy (non-hydrogen) atoms. The Balaban J connectivity index is 2.24. The lowest BCUT2D eigenvalue weighted by molar-refractivity contribution is -0.122. The third-order valence-corrected chi connectivity index (χ3v) is 5.03. The van der Waals surface area contributed by atoms with Gasteiger partial charge in [0.1, 0.15) is 0 Å². The molecule has 0 bridgehead atoms. The van der Waals surface area contributed by atoms with Crippen LogP contribution < -0.4 is 0 Å².